The van der Waals surface area contributed by atoms with Gasteiger partial charge in [0.15, 0.2) is 0 Å². The standard InChI is InChI=1S/C8H8Br2OS/c1-5(4-11)2-6-3-7(9)8(10)12-6/h2-3,11H,4H2,1H3/b5-2+. The minimum absolute atomic E-state index is 0.118. The van der Waals surface area contributed by atoms with Crippen LogP contribution in [0.5, 0.6) is 0 Å². The average Bonchev–Trinajstić information content (AvgIpc) is 2.31. The highest BCUT2D eigenvalue weighted by Gasteiger charge is 2.01. The Kier molecular flexibility index (Phi) is 3.96. The van der Waals surface area contributed by atoms with Gasteiger partial charge in [-0.05, 0) is 56.5 Å². The number of halogens is 2. The van der Waals surface area contributed by atoms with Gasteiger partial charge in [0.1, 0.15) is 0 Å². The molecule has 0 amide bonds. The van der Waals surface area contributed by atoms with Crippen LogP contribution in [0.15, 0.2) is 19.9 Å². The van der Waals surface area contributed by atoms with Crippen molar-refractivity contribution in [2.24, 2.45) is 0 Å². The molecular formula is C8H8Br2OS. The fourth-order valence-corrected chi connectivity index (χ4v) is 2.84. The third-order valence-corrected chi connectivity index (χ3v) is 4.51. The molecule has 66 valence electrons. The van der Waals surface area contributed by atoms with Gasteiger partial charge in [-0.25, -0.2) is 0 Å². The Morgan fingerprint density at radius 1 is 1.67 bits per heavy atom. The first-order valence-corrected chi connectivity index (χ1v) is 5.76. The summed E-state index contributed by atoms with van der Waals surface area (Å²) >= 11 is 8.45. The van der Waals surface area contributed by atoms with Crippen LogP contribution in [0.4, 0.5) is 0 Å². The highest BCUT2D eigenvalue weighted by molar-refractivity contribution is 9.13. The zero-order valence-electron chi connectivity index (χ0n) is 6.47. The molecule has 1 rings (SSSR count). The molecule has 0 radical (unpaired) electrons. The van der Waals surface area contributed by atoms with E-state index in [0.29, 0.717) is 0 Å². The van der Waals surface area contributed by atoms with Gasteiger partial charge in [-0.1, -0.05) is 0 Å². The largest absolute Gasteiger partial charge is 0.392 e. The quantitative estimate of drug-likeness (QED) is 0.883. The lowest BCUT2D eigenvalue weighted by atomic mass is 10.3. The highest BCUT2D eigenvalue weighted by Crippen LogP contribution is 2.33. The van der Waals surface area contributed by atoms with Gasteiger partial charge in [0.05, 0.1) is 10.4 Å². The topological polar surface area (TPSA) is 20.2 Å². The molecule has 0 spiro atoms. The zero-order chi connectivity index (χ0) is 9.14. The highest BCUT2D eigenvalue weighted by atomic mass is 79.9. The minimum Gasteiger partial charge on any atom is -0.392 e. The van der Waals surface area contributed by atoms with Crippen LogP contribution < -0.4 is 0 Å². The van der Waals surface area contributed by atoms with Crippen molar-refractivity contribution in [2.45, 2.75) is 6.92 Å². The van der Waals surface area contributed by atoms with E-state index in [4.69, 9.17) is 5.11 Å². The van der Waals surface area contributed by atoms with E-state index in [-0.39, 0.29) is 6.61 Å². The van der Waals surface area contributed by atoms with Gasteiger partial charge in [0, 0.05) is 9.35 Å². The molecule has 0 fully saturated rings. The van der Waals surface area contributed by atoms with Crippen LogP contribution in [-0.4, -0.2) is 11.7 Å². The molecule has 0 bridgehead atoms. The van der Waals surface area contributed by atoms with Gasteiger partial charge in [-0.2, -0.15) is 0 Å². The summed E-state index contributed by atoms with van der Waals surface area (Å²) in [7, 11) is 0. The van der Waals surface area contributed by atoms with Crippen molar-refractivity contribution in [3.8, 4) is 0 Å². The molecular weight excluding hydrogens is 304 g/mol. The Labute approximate surface area is 92.4 Å². The van der Waals surface area contributed by atoms with E-state index in [9.17, 15) is 0 Å². The summed E-state index contributed by atoms with van der Waals surface area (Å²) in [5.41, 5.74) is 0.969. The number of aliphatic hydroxyl groups is 1. The second-order valence-electron chi connectivity index (χ2n) is 2.42. The molecule has 4 heteroatoms. The second-order valence-corrected chi connectivity index (χ2v) is 5.68. The van der Waals surface area contributed by atoms with Crippen molar-refractivity contribution in [2.75, 3.05) is 6.61 Å². The molecule has 12 heavy (non-hydrogen) atoms. The Balaban J connectivity index is 2.90. The van der Waals surface area contributed by atoms with Crippen LogP contribution in [0.1, 0.15) is 11.8 Å². The molecule has 0 aliphatic carbocycles. The first-order chi connectivity index (χ1) is 5.63. The fraction of sp³-hybridized carbons (Fsp3) is 0.250. The monoisotopic (exact) mass is 310 g/mol. The van der Waals surface area contributed by atoms with Crippen LogP contribution in [0, 0.1) is 0 Å². The molecule has 0 saturated heterocycles. The van der Waals surface area contributed by atoms with E-state index in [1.165, 1.54) is 0 Å². The van der Waals surface area contributed by atoms with Gasteiger partial charge in [-0.15, -0.1) is 11.3 Å². The number of rotatable bonds is 2. The normalized spacial score (nSPS) is 12.2. The van der Waals surface area contributed by atoms with E-state index in [1.54, 1.807) is 11.3 Å². The van der Waals surface area contributed by atoms with Gasteiger partial charge in [-0.3, -0.25) is 0 Å². The molecule has 0 atom stereocenters. The fourth-order valence-electron chi connectivity index (χ4n) is 0.723. The third kappa shape index (κ3) is 2.69. The average molecular weight is 312 g/mol. The molecule has 1 N–H and O–H groups in total. The first-order valence-electron chi connectivity index (χ1n) is 3.36. The summed E-state index contributed by atoms with van der Waals surface area (Å²) in [4.78, 5) is 1.14. The molecule has 0 saturated carbocycles. The first kappa shape index (κ1) is 10.4. The molecule has 1 aromatic rings. The van der Waals surface area contributed by atoms with Crippen LogP contribution in [0.3, 0.4) is 0 Å². The van der Waals surface area contributed by atoms with Crippen LogP contribution in [-0.2, 0) is 0 Å². The molecule has 1 nitrogen and oxygen atoms in total. The summed E-state index contributed by atoms with van der Waals surface area (Å²) in [5, 5.41) is 8.79. The molecule has 1 aromatic heterocycles. The smallest absolute Gasteiger partial charge is 0.0846 e. The van der Waals surface area contributed by atoms with Crippen molar-refractivity contribution < 1.29 is 5.11 Å². The number of aliphatic hydroxyl groups excluding tert-OH is 1. The van der Waals surface area contributed by atoms with E-state index < -0.39 is 0 Å². The number of hydrogen-bond acceptors (Lipinski definition) is 2. The maximum atomic E-state index is 8.79. The Morgan fingerprint density at radius 2 is 2.33 bits per heavy atom. The summed E-state index contributed by atoms with van der Waals surface area (Å²) in [5.74, 6) is 0. The lowest BCUT2D eigenvalue weighted by Gasteiger charge is -1.90. The van der Waals surface area contributed by atoms with E-state index in [0.717, 1.165) is 18.7 Å². The molecule has 0 aromatic carbocycles. The minimum atomic E-state index is 0.118. The van der Waals surface area contributed by atoms with E-state index >= 15 is 0 Å². The van der Waals surface area contributed by atoms with Gasteiger partial charge in [0.25, 0.3) is 0 Å². The van der Waals surface area contributed by atoms with Crippen molar-refractivity contribution in [3.05, 3.63) is 24.8 Å². The SMILES string of the molecule is C/C(=C\c1cc(Br)c(Br)s1)CO. The van der Waals surface area contributed by atoms with Gasteiger partial charge < -0.3 is 5.11 Å². The Bertz CT molecular complexity index is 285. The number of hydrogen-bond donors (Lipinski definition) is 1. The summed E-state index contributed by atoms with van der Waals surface area (Å²) in [6.45, 7) is 2.02. The van der Waals surface area contributed by atoms with E-state index in [2.05, 4.69) is 31.9 Å². The lowest BCUT2D eigenvalue weighted by molar-refractivity contribution is 0.332. The third-order valence-electron chi connectivity index (χ3n) is 1.30. The maximum absolute atomic E-state index is 8.79. The summed E-state index contributed by atoms with van der Waals surface area (Å²) < 4.78 is 2.14. The maximum Gasteiger partial charge on any atom is 0.0846 e. The van der Waals surface area contributed by atoms with Crippen molar-refractivity contribution in [1.82, 2.24) is 0 Å². The van der Waals surface area contributed by atoms with Crippen molar-refractivity contribution in [1.29, 1.82) is 0 Å². The molecule has 1 heterocycles. The lowest BCUT2D eigenvalue weighted by Crippen LogP contribution is -1.81. The predicted octanol–water partition coefficient (Wildman–Crippen LogP) is 3.67. The van der Waals surface area contributed by atoms with Gasteiger partial charge in [0.2, 0.25) is 0 Å². The summed E-state index contributed by atoms with van der Waals surface area (Å²) in [6.07, 6.45) is 1.97. The Hall–Kier alpha value is 0.360. The molecule has 0 aliphatic heterocycles. The summed E-state index contributed by atoms with van der Waals surface area (Å²) in [6, 6.07) is 2.02. The van der Waals surface area contributed by atoms with Crippen molar-refractivity contribution >= 4 is 49.3 Å². The van der Waals surface area contributed by atoms with Crippen LogP contribution in [0.2, 0.25) is 0 Å². The predicted molar refractivity (Wildman–Crippen MR) is 60.5 cm³/mol. The second kappa shape index (κ2) is 4.56. The van der Waals surface area contributed by atoms with Crippen LogP contribution >= 0.6 is 43.2 Å². The Morgan fingerprint density at radius 3 is 2.75 bits per heavy atom. The number of thiophene rings is 1. The van der Waals surface area contributed by atoms with Crippen LogP contribution in [0.25, 0.3) is 6.08 Å². The molecule has 0 unspecified atom stereocenters. The molecule has 0 aliphatic rings. The van der Waals surface area contributed by atoms with Crippen molar-refractivity contribution in [3.63, 3.8) is 0 Å². The van der Waals surface area contributed by atoms with Gasteiger partial charge >= 0.3 is 0 Å². The van der Waals surface area contributed by atoms with E-state index in [1.807, 2.05) is 19.1 Å². The zero-order valence-corrected chi connectivity index (χ0v) is 10.5.